The molecular formula is C13H20O9. The zero-order valence-electron chi connectivity index (χ0n) is 11.9. The predicted molar refractivity (Wildman–Crippen MR) is 73.4 cm³/mol. The third-order valence-electron chi connectivity index (χ3n) is 1.95. The molecule has 0 aliphatic rings. The van der Waals surface area contributed by atoms with Crippen molar-refractivity contribution in [1.29, 1.82) is 0 Å². The van der Waals surface area contributed by atoms with Crippen LogP contribution in [-0.4, -0.2) is 63.8 Å². The smallest absolute Gasteiger partial charge is 0.336 e. The molecule has 9 nitrogen and oxygen atoms in total. The van der Waals surface area contributed by atoms with E-state index in [9.17, 15) is 19.5 Å². The van der Waals surface area contributed by atoms with Crippen LogP contribution in [0, 0.1) is 0 Å². The highest BCUT2D eigenvalue weighted by Crippen LogP contribution is 2.18. The van der Waals surface area contributed by atoms with Gasteiger partial charge in [0.2, 0.25) is 0 Å². The number of rotatable bonds is 9. The van der Waals surface area contributed by atoms with Gasteiger partial charge in [0, 0.05) is 0 Å². The van der Waals surface area contributed by atoms with Crippen LogP contribution in [0.1, 0.15) is 12.8 Å². The third-order valence-corrected chi connectivity index (χ3v) is 1.95. The zero-order valence-corrected chi connectivity index (χ0v) is 11.9. The SMILES string of the molecule is C=CCOC(=O)CC(O)(CC(=O)OC=C)C(=O)O.OCCO. The van der Waals surface area contributed by atoms with E-state index in [4.69, 9.17) is 15.3 Å². The van der Waals surface area contributed by atoms with Gasteiger partial charge in [-0.05, 0) is 0 Å². The topological polar surface area (TPSA) is 151 Å². The summed E-state index contributed by atoms with van der Waals surface area (Å²) >= 11 is 0. The van der Waals surface area contributed by atoms with E-state index in [1.54, 1.807) is 0 Å². The van der Waals surface area contributed by atoms with Crippen molar-refractivity contribution >= 4 is 17.9 Å². The second kappa shape index (κ2) is 12.5. The molecule has 0 rings (SSSR count). The number of carbonyl (C=O) groups is 3. The summed E-state index contributed by atoms with van der Waals surface area (Å²) in [7, 11) is 0. The summed E-state index contributed by atoms with van der Waals surface area (Å²) in [5.41, 5.74) is -2.57. The lowest BCUT2D eigenvalue weighted by Crippen LogP contribution is -2.43. The second-order valence-corrected chi connectivity index (χ2v) is 3.77. The van der Waals surface area contributed by atoms with E-state index in [0.29, 0.717) is 0 Å². The summed E-state index contributed by atoms with van der Waals surface area (Å²) in [5.74, 6) is -3.71. The molecular weight excluding hydrogens is 300 g/mol. The third kappa shape index (κ3) is 10.5. The molecule has 0 aromatic heterocycles. The Balaban J connectivity index is 0. The number of hydrogen-bond donors (Lipinski definition) is 4. The van der Waals surface area contributed by atoms with Crippen molar-refractivity contribution in [2.45, 2.75) is 18.4 Å². The molecule has 0 aromatic carbocycles. The van der Waals surface area contributed by atoms with Crippen molar-refractivity contribution in [1.82, 2.24) is 0 Å². The highest BCUT2D eigenvalue weighted by atomic mass is 16.5. The molecule has 0 fully saturated rings. The second-order valence-electron chi connectivity index (χ2n) is 3.77. The summed E-state index contributed by atoms with van der Waals surface area (Å²) < 4.78 is 8.81. The predicted octanol–water partition coefficient (Wildman–Crippen LogP) is -1.03. The van der Waals surface area contributed by atoms with Gasteiger partial charge in [0.25, 0.3) is 0 Å². The Kier molecular flexibility index (Phi) is 12.5. The van der Waals surface area contributed by atoms with Gasteiger partial charge < -0.3 is 29.9 Å². The number of carboxylic acid groups (broad SMARTS) is 1. The van der Waals surface area contributed by atoms with Gasteiger partial charge in [-0.25, -0.2) is 4.79 Å². The van der Waals surface area contributed by atoms with Crippen LogP contribution in [0.4, 0.5) is 0 Å². The lowest BCUT2D eigenvalue weighted by Gasteiger charge is -2.20. The van der Waals surface area contributed by atoms with Gasteiger partial charge in [0.15, 0.2) is 5.60 Å². The number of aliphatic hydroxyl groups is 3. The molecule has 0 saturated heterocycles. The van der Waals surface area contributed by atoms with Crippen LogP contribution in [0.15, 0.2) is 25.5 Å². The van der Waals surface area contributed by atoms with Gasteiger partial charge in [0.05, 0.1) is 32.3 Å². The van der Waals surface area contributed by atoms with E-state index in [1.807, 2.05) is 0 Å². The van der Waals surface area contributed by atoms with Crippen LogP contribution >= 0.6 is 0 Å². The minimum atomic E-state index is -2.57. The first-order valence-corrected chi connectivity index (χ1v) is 6.01. The first-order valence-electron chi connectivity index (χ1n) is 6.01. The summed E-state index contributed by atoms with van der Waals surface area (Å²) in [4.78, 5) is 33.1. The highest BCUT2D eigenvalue weighted by Gasteiger charge is 2.41. The van der Waals surface area contributed by atoms with Gasteiger partial charge in [0.1, 0.15) is 6.61 Å². The molecule has 1 unspecified atom stereocenters. The summed E-state index contributed by atoms with van der Waals surface area (Å²) in [6.07, 6.45) is 0.310. The van der Waals surface area contributed by atoms with Gasteiger partial charge in [-0.2, -0.15) is 0 Å². The van der Waals surface area contributed by atoms with E-state index in [0.717, 1.165) is 6.26 Å². The molecule has 0 bridgehead atoms. The minimum absolute atomic E-state index is 0.119. The van der Waals surface area contributed by atoms with Gasteiger partial charge in [-0.15, -0.1) is 0 Å². The maximum Gasteiger partial charge on any atom is 0.336 e. The molecule has 0 spiro atoms. The van der Waals surface area contributed by atoms with Crippen LogP contribution in [-0.2, 0) is 23.9 Å². The molecule has 126 valence electrons. The fourth-order valence-corrected chi connectivity index (χ4v) is 1.03. The maximum absolute atomic E-state index is 11.2. The minimum Gasteiger partial charge on any atom is -0.479 e. The molecule has 22 heavy (non-hydrogen) atoms. The molecule has 0 saturated carbocycles. The summed E-state index contributed by atoms with van der Waals surface area (Å²) in [5, 5.41) is 33.8. The zero-order chi connectivity index (χ0) is 17.6. The molecule has 1 atom stereocenters. The first-order chi connectivity index (χ1) is 10.3. The van der Waals surface area contributed by atoms with Crippen LogP contribution in [0.5, 0.6) is 0 Å². The van der Waals surface area contributed by atoms with Crippen LogP contribution in [0.2, 0.25) is 0 Å². The number of ether oxygens (including phenoxy) is 2. The Morgan fingerprint density at radius 2 is 1.55 bits per heavy atom. The van der Waals surface area contributed by atoms with E-state index < -0.39 is 36.4 Å². The van der Waals surface area contributed by atoms with Crippen molar-refractivity contribution in [2.75, 3.05) is 19.8 Å². The highest BCUT2D eigenvalue weighted by molar-refractivity contribution is 5.89. The van der Waals surface area contributed by atoms with Gasteiger partial charge in [-0.1, -0.05) is 19.2 Å². The summed E-state index contributed by atoms with van der Waals surface area (Å²) in [6.45, 7) is 6.03. The van der Waals surface area contributed by atoms with E-state index in [-0.39, 0.29) is 19.8 Å². The van der Waals surface area contributed by atoms with Crippen LogP contribution < -0.4 is 0 Å². The average Bonchev–Trinajstić information content (AvgIpc) is 2.45. The molecule has 0 heterocycles. The Morgan fingerprint density at radius 1 is 1.05 bits per heavy atom. The Labute approximate surface area is 127 Å². The van der Waals surface area contributed by atoms with Crippen molar-refractivity contribution in [3.05, 3.63) is 25.5 Å². The molecule has 9 heteroatoms. The van der Waals surface area contributed by atoms with Crippen molar-refractivity contribution < 1.29 is 44.3 Å². The summed E-state index contributed by atoms with van der Waals surface area (Å²) in [6, 6.07) is 0. The van der Waals surface area contributed by atoms with E-state index in [2.05, 4.69) is 22.6 Å². The van der Waals surface area contributed by atoms with Gasteiger partial charge in [-0.3, -0.25) is 9.59 Å². The van der Waals surface area contributed by atoms with Crippen LogP contribution in [0.3, 0.4) is 0 Å². The van der Waals surface area contributed by atoms with E-state index >= 15 is 0 Å². The largest absolute Gasteiger partial charge is 0.479 e. The molecule has 0 amide bonds. The van der Waals surface area contributed by atoms with Gasteiger partial charge >= 0.3 is 17.9 Å². The standard InChI is InChI=1S/C11H14O7.C2H6O2/c1-3-5-18-9(13)7-11(16,10(14)15)6-8(12)17-4-2;3-1-2-4/h3-4,16H,1-2,5-7H2,(H,14,15);3-4H,1-2H2. The normalized spacial score (nSPS) is 12.0. The number of esters is 2. The lowest BCUT2D eigenvalue weighted by molar-refractivity contribution is -0.171. The molecule has 0 radical (unpaired) electrons. The van der Waals surface area contributed by atoms with Crippen molar-refractivity contribution in [3.8, 4) is 0 Å². The lowest BCUT2D eigenvalue weighted by atomic mass is 9.96. The van der Waals surface area contributed by atoms with Crippen LogP contribution in [0.25, 0.3) is 0 Å². The maximum atomic E-state index is 11.2. The number of hydrogen-bond acceptors (Lipinski definition) is 8. The number of aliphatic carboxylic acids is 1. The van der Waals surface area contributed by atoms with E-state index in [1.165, 1.54) is 6.08 Å². The Morgan fingerprint density at radius 3 is 1.91 bits per heavy atom. The average molecular weight is 320 g/mol. The fourth-order valence-electron chi connectivity index (χ4n) is 1.03. The fraction of sp³-hybridized carbons (Fsp3) is 0.462. The number of carbonyl (C=O) groups excluding carboxylic acids is 2. The number of carboxylic acids is 1. The number of aliphatic hydroxyl groups excluding tert-OH is 2. The first kappa shape index (κ1) is 22.1. The molecule has 0 aliphatic carbocycles. The van der Waals surface area contributed by atoms with Crippen molar-refractivity contribution in [2.24, 2.45) is 0 Å². The Bertz CT molecular complexity index is 389. The molecule has 4 N–H and O–H groups in total. The monoisotopic (exact) mass is 320 g/mol. The van der Waals surface area contributed by atoms with Crippen molar-refractivity contribution in [3.63, 3.8) is 0 Å². The molecule has 0 aliphatic heterocycles. The molecule has 0 aromatic rings. The Hall–Kier alpha value is -2.23. The quantitative estimate of drug-likeness (QED) is 0.237.